The molecule has 0 spiro atoms. The smallest absolute Gasteiger partial charge is 0.144 e. The molecule has 0 saturated carbocycles. The molecule has 0 radical (unpaired) electrons. The molecule has 0 aromatic carbocycles. The quantitative estimate of drug-likeness (QED) is 0.812. The minimum atomic E-state index is 0.566. The molecule has 1 saturated heterocycles. The van der Waals surface area contributed by atoms with E-state index in [9.17, 15) is 0 Å². The van der Waals surface area contributed by atoms with Crippen LogP contribution in [0.4, 0.5) is 0 Å². The maximum Gasteiger partial charge on any atom is 0.144 e. The lowest BCUT2D eigenvalue weighted by Crippen LogP contribution is -2.29. The Morgan fingerprint density at radius 2 is 2.11 bits per heavy atom. The Bertz CT molecular complexity index is 541. The molecule has 0 atom stereocenters. The Hall–Kier alpha value is -1.55. The van der Waals surface area contributed by atoms with Gasteiger partial charge in [-0.15, -0.1) is 0 Å². The molecular formula is C14H19N3O. The highest BCUT2D eigenvalue weighted by atomic mass is 16.5. The molecule has 4 nitrogen and oxygen atoms in total. The predicted molar refractivity (Wildman–Crippen MR) is 71.2 cm³/mol. The van der Waals surface area contributed by atoms with E-state index in [1.165, 1.54) is 18.7 Å². The first-order valence-corrected chi connectivity index (χ1v) is 6.48. The van der Waals surface area contributed by atoms with Gasteiger partial charge in [0.1, 0.15) is 17.1 Å². The Balaban J connectivity index is 1.98. The molecule has 2 aromatic rings. The highest BCUT2D eigenvalue weighted by molar-refractivity contribution is 5.59. The average molecular weight is 245 g/mol. The molecular weight excluding hydrogens is 226 g/mol. The lowest BCUT2D eigenvalue weighted by molar-refractivity contribution is 0.251. The third-order valence-corrected chi connectivity index (χ3v) is 3.86. The normalized spacial score (nSPS) is 18.3. The van der Waals surface area contributed by atoms with Crippen LogP contribution in [0.15, 0.2) is 24.5 Å². The Morgan fingerprint density at radius 3 is 2.83 bits per heavy atom. The van der Waals surface area contributed by atoms with Crippen LogP contribution in [0.2, 0.25) is 0 Å². The number of nitrogens with zero attached hydrogens (tertiary/aromatic N) is 3. The van der Waals surface area contributed by atoms with Gasteiger partial charge in [0.05, 0.1) is 13.3 Å². The van der Waals surface area contributed by atoms with E-state index < -0.39 is 0 Å². The standard InChI is InChI=1S/C14H19N3O/c1-16-8-5-11(6-9-16)14-15-10-12-13(18-2)4-3-7-17(12)14/h3-4,7,10-11H,5-6,8-9H2,1-2H3. The van der Waals surface area contributed by atoms with Gasteiger partial charge < -0.3 is 14.0 Å². The van der Waals surface area contributed by atoms with E-state index in [0.717, 1.165) is 24.4 Å². The maximum atomic E-state index is 5.38. The number of piperidine rings is 1. The molecule has 1 aliphatic rings. The van der Waals surface area contributed by atoms with Gasteiger partial charge >= 0.3 is 0 Å². The number of aromatic nitrogens is 2. The number of hydrogen-bond donors (Lipinski definition) is 0. The minimum Gasteiger partial charge on any atom is -0.494 e. The second kappa shape index (κ2) is 4.61. The van der Waals surface area contributed by atoms with Crippen molar-refractivity contribution in [1.82, 2.24) is 14.3 Å². The lowest BCUT2D eigenvalue weighted by Gasteiger charge is -2.28. The summed E-state index contributed by atoms with van der Waals surface area (Å²) >= 11 is 0. The Kier molecular flexibility index (Phi) is 2.96. The van der Waals surface area contributed by atoms with Crippen molar-refractivity contribution in [3.63, 3.8) is 0 Å². The first kappa shape index (κ1) is 11.5. The molecule has 0 unspecified atom stereocenters. The van der Waals surface area contributed by atoms with Crippen molar-refractivity contribution in [2.24, 2.45) is 0 Å². The molecule has 1 aliphatic heterocycles. The molecule has 4 heteroatoms. The molecule has 3 rings (SSSR count). The fraction of sp³-hybridized carbons (Fsp3) is 0.500. The molecule has 0 aliphatic carbocycles. The third-order valence-electron chi connectivity index (χ3n) is 3.86. The van der Waals surface area contributed by atoms with Crippen molar-refractivity contribution in [2.75, 3.05) is 27.2 Å². The fourth-order valence-corrected chi connectivity index (χ4v) is 2.76. The van der Waals surface area contributed by atoms with Gasteiger partial charge in [-0.05, 0) is 45.1 Å². The van der Waals surface area contributed by atoms with Crippen molar-refractivity contribution < 1.29 is 4.74 Å². The van der Waals surface area contributed by atoms with Gasteiger partial charge in [0, 0.05) is 12.1 Å². The largest absolute Gasteiger partial charge is 0.494 e. The number of pyridine rings is 1. The van der Waals surface area contributed by atoms with Crippen LogP contribution in [0.5, 0.6) is 5.75 Å². The fourth-order valence-electron chi connectivity index (χ4n) is 2.76. The molecule has 3 heterocycles. The first-order chi connectivity index (χ1) is 8.79. The number of fused-ring (bicyclic) bond motifs is 1. The van der Waals surface area contributed by atoms with Crippen molar-refractivity contribution >= 4 is 5.52 Å². The van der Waals surface area contributed by atoms with Gasteiger partial charge in [-0.3, -0.25) is 0 Å². The van der Waals surface area contributed by atoms with Crippen molar-refractivity contribution in [3.8, 4) is 5.75 Å². The summed E-state index contributed by atoms with van der Waals surface area (Å²) in [4.78, 5) is 7.00. The number of methoxy groups -OCH3 is 1. The topological polar surface area (TPSA) is 29.8 Å². The van der Waals surface area contributed by atoms with E-state index in [0.29, 0.717) is 5.92 Å². The third kappa shape index (κ3) is 1.86. The summed E-state index contributed by atoms with van der Waals surface area (Å²) in [7, 11) is 3.89. The minimum absolute atomic E-state index is 0.566. The maximum absolute atomic E-state index is 5.38. The van der Waals surface area contributed by atoms with E-state index in [-0.39, 0.29) is 0 Å². The van der Waals surface area contributed by atoms with Crippen LogP contribution in [0.25, 0.3) is 5.52 Å². The highest BCUT2D eigenvalue weighted by Crippen LogP contribution is 2.29. The van der Waals surface area contributed by atoms with Gasteiger partial charge in [-0.25, -0.2) is 4.98 Å². The number of imidazole rings is 1. The van der Waals surface area contributed by atoms with E-state index in [1.54, 1.807) is 7.11 Å². The van der Waals surface area contributed by atoms with Crippen LogP contribution in [-0.2, 0) is 0 Å². The second-order valence-corrected chi connectivity index (χ2v) is 5.03. The molecule has 0 amide bonds. The van der Waals surface area contributed by atoms with Crippen LogP contribution in [0.3, 0.4) is 0 Å². The van der Waals surface area contributed by atoms with Gasteiger partial charge in [0.2, 0.25) is 0 Å². The Labute approximate surface area is 107 Å². The highest BCUT2D eigenvalue weighted by Gasteiger charge is 2.22. The molecule has 2 aromatic heterocycles. The second-order valence-electron chi connectivity index (χ2n) is 5.03. The van der Waals surface area contributed by atoms with Crippen LogP contribution < -0.4 is 4.74 Å². The SMILES string of the molecule is COc1cccn2c(C3CCN(C)CC3)ncc12. The zero-order chi connectivity index (χ0) is 12.5. The van der Waals surface area contributed by atoms with E-state index in [2.05, 4.69) is 27.5 Å². The average Bonchev–Trinajstić information content (AvgIpc) is 2.83. The van der Waals surface area contributed by atoms with Gasteiger partial charge in [-0.1, -0.05) is 0 Å². The summed E-state index contributed by atoms with van der Waals surface area (Å²) in [6, 6.07) is 4.00. The first-order valence-electron chi connectivity index (χ1n) is 6.48. The van der Waals surface area contributed by atoms with Crippen molar-refractivity contribution in [1.29, 1.82) is 0 Å². The van der Waals surface area contributed by atoms with Crippen LogP contribution in [0.1, 0.15) is 24.6 Å². The predicted octanol–water partition coefficient (Wildman–Crippen LogP) is 2.15. The molecule has 0 bridgehead atoms. The zero-order valence-electron chi connectivity index (χ0n) is 11.0. The number of rotatable bonds is 2. The summed E-state index contributed by atoms with van der Waals surface area (Å²) in [5.41, 5.74) is 1.06. The molecule has 96 valence electrons. The van der Waals surface area contributed by atoms with E-state index in [4.69, 9.17) is 4.74 Å². The molecule has 1 fully saturated rings. The van der Waals surface area contributed by atoms with E-state index >= 15 is 0 Å². The van der Waals surface area contributed by atoms with Gasteiger partial charge in [0.25, 0.3) is 0 Å². The molecule has 18 heavy (non-hydrogen) atoms. The zero-order valence-corrected chi connectivity index (χ0v) is 11.0. The van der Waals surface area contributed by atoms with Gasteiger partial charge in [-0.2, -0.15) is 0 Å². The van der Waals surface area contributed by atoms with Crippen LogP contribution in [0, 0.1) is 0 Å². The number of hydrogen-bond acceptors (Lipinski definition) is 3. The monoisotopic (exact) mass is 245 g/mol. The van der Waals surface area contributed by atoms with Crippen molar-refractivity contribution in [2.45, 2.75) is 18.8 Å². The summed E-state index contributed by atoms with van der Waals surface area (Å²) in [6.45, 7) is 2.31. The lowest BCUT2D eigenvalue weighted by atomic mass is 9.96. The number of ether oxygens (including phenoxy) is 1. The van der Waals surface area contributed by atoms with Crippen LogP contribution in [-0.4, -0.2) is 41.5 Å². The van der Waals surface area contributed by atoms with E-state index in [1.807, 2.05) is 18.3 Å². The summed E-state index contributed by atoms with van der Waals surface area (Å²) in [5.74, 6) is 2.64. The van der Waals surface area contributed by atoms with Crippen molar-refractivity contribution in [3.05, 3.63) is 30.4 Å². The summed E-state index contributed by atoms with van der Waals surface area (Å²) in [5, 5.41) is 0. The number of likely N-dealkylation sites (tertiary alicyclic amines) is 1. The summed E-state index contributed by atoms with van der Waals surface area (Å²) in [6.07, 6.45) is 6.38. The Morgan fingerprint density at radius 1 is 1.33 bits per heavy atom. The van der Waals surface area contributed by atoms with Gasteiger partial charge in [0.15, 0.2) is 0 Å². The summed E-state index contributed by atoms with van der Waals surface area (Å²) < 4.78 is 7.55. The van der Waals surface area contributed by atoms with Crippen LogP contribution >= 0.6 is 0 Å². The molecule has 0 N–H and O–H groups in total.